The van der Waals surface area contributed by atoms with E-state index in [9.17, 15) is 9.59 Å². The molecule has 4 nitrogen and oxygen atoms in total. The van der Waals surface area contributed by atoms with Gasteiger partial charge >= 0.3 is 0 Å². The minimum atomic E-state index is -0.615. The molecule has 5 heteroatoms. The van der Waals surface area contributed by atoms with E-state index >= 15 is 0 Å². The highest BCUT2D eigenvalue weighted by molar-refractivity contribution is 8.13. The molecule has 0 aromatic rings. The first kappa shape index (κ1) is 13.4. The molecule has 2 atom stereocenters. The van der Waals surface area contributed by atoms with Gasteiger partial charge in [0.1, 0.15) is 0 Å². The molecule has 0 saturated heterocycles. The van der Waals surface area contributed by atoms with Crippen LogP contribution in [0.15, 0.2) is 0 Å². The van der Waals surface area contributed by atoms with Crippen LogP contribution in [-0.4, -0.2) is 34.5 Å². The molecule has 14 heavy (non-hydrogen) atoms. The minimum absolute atomic E-state index is 0.0367. The Labute approximate surface area is 88.4 Å². The molecule has 0 heterocycles. The van der Waals surface area contributed by atoms with Gasteiger partial charge in [-0.1, -0.05) is 18.7 Å². The van der Waals surface area contributed by atoms with Crippen LogP contribution in [0.5, 0.6) is 0 Å². The van der Waals surface area contributed by atoms with E-state index in [0.29, 0.717) is 12.3 Å². The molecular weight excluding hydrogens is 202 g/mol. The Kier molecular flexibility index (Phi) is 6.57. The summed E-state index contributed by atoms with van der Waals surface area (Å²) < 4.78 is 0. The standard InChI is InChI=1S/C9H17NO3S/c1-6(7(2)11)9(13)14-5-4-10-8(3)12/h6-7,11H,4-5H2,1-3H3,(H,10,12). The Balaban J connectivity index is 3.59. The van der Waals surface area contributed by atoms with Crippen molar-refractivity contribution in [3.63, 3.8) is 0 Å². The number of rotatable bonds is 5. The van der Waals surface area contributed by atoms with Crippen LogP contribution in [0.4, 0.5) is 0 Å². The quantitative estimate of drug-likeness (QED) is 0.657. The predicted molar refractivity (Wildman–Crippen MR) is 57.0 cm³/mol. The van der Waals surface area contributed by atoms with Crippen molar-refractivity contribution in [2.45, 2.75) is 26.9 Å². The van der Waals surface area contributed by atoms with Gasteiger partial charge in [-0.05, 0) is 6.92 Å². The molecule has 0 spiro atoms. The number of nitrogens with one attached hydrogen (secondary N) is 1. The van der Waals surface area contributed by atoms with Crippen molar-refractivity contribution in [1.29, 1.82) is 0 Å². The lowest BCUT2D eigenvalue weighted by Gasteiger charge is -2.12. The number of amides is 1. The van der Waals surface area contributed by atoms with E-state index in [-0.39, 0.29) is 16.9 Å². The van der Waals surface area contributed by atoms with Gasteiger partial charge in [-0.2, -0.15) is 0 Å². The molecule has 0 rings (SSSR count). The zero-order valence-corrected chi connectivity index (χ0v) is 9.56. The molecule has 2 N–H and O–H groups in total. The first-order valence-electron chi connectivity index (χ1n) is 4.54. The molecule has 0 aliphatic rings. The van der Waals surface area contributed by atoms with Crippen LogP contribution in [0.3, 0.4) is 0 Å². The first-order chi connectivity index (χ1) is 6.45. The van der Waals surface area contributed by atoms with Crippen molar-refractivity contribution in [3.05, 3.63) is 0 Å². The maximum absolute atomic E-state index is 11.3. The van der Waals surface area contributed by atoms with Crippen LogP contribution in [0.2, 0.25) is 0 Å². The summed E-state index contributed by atoms with van der Waals surface area (Å²) in [4.78, 5) is 21.8. The summed E-state index contributed by atoms with van der Waals surface area (Å²) in [6, 6.07) is 0. The number of thioether (sulfide) groups is 1. The second-order valence-corrected chi connectivity index (χ2v) is 4.28. The average Bonchev–Trinajstić information content (AvgIpc) is 2.10. The first-order valence-corrected chi connectivity index (χ1v) is 5.53. The minimum Gasteiger partial charge on any atom is -0.393 e. The van der Waals surface area contributed by atoms with E-state index in [1.54, 1.807) is 13.8 Å². The molecule has 82 valence electrons. The Hall–Kier alpha value is -0.550. The van der Waals surface area contributed by atoms with Gasteiger partial charge in [0.15, 0.2) is 5.12 Å². The Morgan fingerprint density at radius 2 is 2.00 bits per heavy atom. The third kappa shape index (κ3) is 5.99. The van der Waals surface area contributed by atoms with Crippen molar-refractivity contribution in [3.8, 4) is 0 Å². The summed E-state index contributed by atoms with van der Waals surface area (Å²) in [5.41, 5.74) is 0. The number of hydrogen-bond donors (Lipinski definition) is 2. The van der Waals surface area contributed by atoms with E-state index in [1.807, 2.05) is 0 Å². The largest absolute Gasteiger partial charge is 0.393 e. The monoisotopic (exact) mass is 219 g/mol. The van der Waals surface area contributed by atoms with E-state index in [0.717, 1.165) is 11.8 Å². The number of hydrogen-bond acceptors (Lipinski definition) is 4. The Morgan fingerprint density at radius 1 is 1.43 bits per heavy atom. The van der Waals surface area contributed by atoms with Crippen molar-refractivity contribution in [1.82, 2.24) is 5.32 Å². The maximum atomic E-state index is 11.3. The normalized spacial score (nSPS) is 14.6. The third-order valence-corrected chi connectivity index (χ3v) is 2.88. The molecule has 0 radical (unpaired) electrons. The lowest BCUT2D eigenvalue weighted by molar-refractivity contribution is -0.119. The predicted octanol–water partition coefficient (Wildman–Crippen LogP) is 0.399. The summed E-state index contributed by atoms with van der Waals surface area (Å²) in [6.45, 7) is 5.21. The van der Waals surface area contributed by atoms with E-state index in [1.165, 1.54) is 6.92 Å². The fourth-order valence-corrected chi connectivity index (χ4v) is 1.57. The van der Waals surface area contributed by atoms with Gasteiger partial charge in [0.2, 0.25) is 5.91 Å². The van der Waals surface area contributed by atoms with Gasteiger partial charge in [-0.15, -0.1) is 0 Å². The van der Waals surface area contributed by atoms with Crippen molar-refractivity contribution < 1.29 is 14.7 Å². The number of aliphatic hydroxyl groups is 1. The van der Waals surface area contributed by atoms with E-state index in [2.05, 4.69) is 5.32 Å². The van der Waals surface area contributed by atoms with Gasteiger partial charge in [-0.3, -0.25) is 9.59 Å². The van der Waals surface area contributed by atoms with Gasteiger partial charge in [0, 0.05) is 19.2 Å². The van der Waals surface area contributed by atoms with Gasteiger partial charge in [-0.25, -0.2) is 0 Å². The molecule has 1 amide bonds. The highest BCUT2D eigenvalue weighted by atomic mass is 32.2. The summed E-state index contributed by atoms with van der Waals surface area (Å²) in [6.07, 6.45) is -0.615. The topological polar surface area (TPSA) is 66.4 Å². The fraction of sp³-hybridized carbons (Fsp3) is 0.778. The summed E-state index contributed by atoms with van der Waals surface area (Å²) >= 11 is 1.14. The average molecular weight is 219 g/mol. The van der Waals surface area contributed by atoms with Crippen LogP contribution in [-0.2, 0) is 9.59 Å². The fourth-order valence-electron chi connectivity index (χ4n) is 0.707. The van der Waals surface area contributed by atoms with Crippen molar-refractivity contribution in [2.75, 3.05) is 12.3 Å². The van der Waals surface area contributed by atoms with Crippen molar-refractivity contribution in [2.24, 2.45) is 5.92 Å². The maximum Gasteiger partial charge on any atom is 0.216 e. The molecule has 0 aliphatic heterocycles. The molecule has 0 aliphatic carbocycles. The lowest BCUT2D eigenvalue weighted by atomic mass is 10.1. The van der Waals surface area contributed by atoms with Crippen LogP contribution in [0.1, 0.15) is 20.8 Å². The smallest absolute Gasteiger partial charge is 0.216 e. The second kappa shape index (κ2) is 6.84. The third-order valence-electron chi connectivity index (χ3n) is 1.82. The molecule has 0 bridgehead atoms. The van der Waals surface area contributed by atoms with Crippen LogP contribution < -0.4 is 5.32 Å². The van der Waals surface area contributed by atoms with Crippen molar-refractivity contribution >= 4 is 22.8 Å². The van der Waals surface area contributed by atoms with Gasteiger partial charge < -0.3 is 10.4 Å². The Bertz CT molecular complexity index is 206. The zero-order chi connectivity index (χ0) is 11.1. The summed E-state index contributed by atoms with van der Waals surface area (Å²) in [7, 11) is 0. The van der Waals surface area contributed by atoms with E-state index in [4.69, 9.17) is 5.11 Å². The number of carbonyl (C=O) groups excluding carboxylic acids is 2. The molecule has 2 unspecified atom stereocenters. The second-order valence-electron chi connectivity index (χ2n) is 3.18. The molecular formula is C9H17NO3S. The van der Waals surface area contributed by atoms with Crippen LogP contribution in [0.25, 0.3) is 0 Å². The van der Waals surface area contributed by atoms with Gasteiger partial charge in [0.05, 0.1) is 12.0 Å². The highest BCUT2D eigenvalue weighted by Crippen LogP contribution is 2.13. The molecule has 0 saturated carbocycles. The number of carbonyl (C=O) groups is 2. The molecule has 0 fully saturated rings. The number of aliphatic hydroxyl groups excluding tert-OH is 1. The highest BCUT2D eigenvalue weighted by Gasteiger charge is 2.17. The summed E-state index contributed by atoms with van der Waals surface area (Å²) in [5, 5.41) is 11.7. The molecule has 0 aromatic heterocycles. The summed E-state index contributed by atoms with van der Waals surface area (Å²) in [5.74, 6) is 0.106. The molecule has 0 aromatic carbocycles. The lowest BCUT2D eigenvalue weighted by Crippen LogP contribution is -2.25. The zero-order valence-electron chi connectivity index (χ0n) is 8.74. The SMILES string of the molecule is CC(=O)NCCSC(=O)C(C)C(C)O. The van der Waals surface area contributed by atoms with E-state index < -0.39 is 6.10 Å². The Morgan fingerprint density at radius 3 is 2.43 bits per heavy atom. The van der Waals surface area contributed by atoms with Crippen LogP contribution in [0, 0.1) is 5.92 Å². The van der Waals surface area contributed by atoms with Gasteiger partial charge in [0.25, 0.3) is 0 Å². The van der Waals surface area contributed by atoms with Crippen LogP contribution >= 0.6 is 11.8 Å².